The van der Waals surface area contributed by atoms with Gasteiger partial charge in [-0.2, -0.15) is 4.98 Å². The van der Waals surface area contributed by atoms with Gasteiger partial charge < -0.3 is 14.6 Å². The third-order valence-corrected chi connectivity index (χ3v) is 3.20. The molecule has 0 radical (unpaired) electrons. The quantitative estimate of drug-likeness (QED) is 0.888. The summed E-state index contributed by atoms with van der Waals surface area (Å²) in [5, 5.41) is 6.91. The van der Waals surface area contributed by atoms with E-state index in [0.29, 0.717) is 23.8 Å². The van der Waals surface area contributed by atoms with E-state index in [1.165, 1.54) is 12.1 Å². The van der Waals surface area contributed by atoms with Crippen LogP contribution >= 0.6 is 0 Å². The summed E-state index contributed by atoms with van der Waals surface area (Å²) in [4.78, 5) is 4.18. The summed E-state index contributed by atoms with van der Waals surface area (Å²) in [6.45, 7) is 3.97. The van der Waals surface area contributed by atoms with Gasteiger partial charge in [0.05, 0.1) is 6.54 Å². The fourth-order valence-electron chi connectivity index (χ4n) is 1.75. The van der Waals surface area contributed by atoms with Gasteiger partial charge in [0.1, 0.15) is 6.10 Å². The molecule has 2 aromatic rings. The molecule has 0 spiro atoms. The minimum atomic E-state index is -0.866. The summed E-state index contributed by atoms with van der Waals surface area (Å²) in [6, 6.07) is 3.62. The average Bonchev–Trinajstić information content (AvgIpc) is 2.95. The Balaban J connectivity index is 1.95. The molecule has 0 fully saturated rings. The number of hydrogen-bond donors (Lipinski definition) is 1. The van der Waals surface area contributed by atoms with Crippen LogP contribution in [0.2, 0.25) is 0 Å². The topological polar surface area (TPSA) is 60.2 Å². The normalized spacial score (nSPS) is 14.1. The molecule has 7 heteroatoms. The summed E-state index contributed by atoms with van der Waals surface area (Å²) >= 11 is 0. The minimum Gasteiger partial charge on any atom is -0.374 e. The Bertz CT molecular complexity index is 604. The van der Waals surface area contributed by atoms with Crippen molar-refractivity contribution < 1.29 is 18.0 Å². The maximum absolute atomic E-state index is 13.2. The molecule has 0 aliphatic heterocycles. The van der Waals surface area contributed by atoms with E-state index in [1.807, 2.05) is 13.8 Å². The van der Waals surface area contributed by atoms with E-state index >= 15 is 0 Å². The molecule has 0 aliphatic carbocycles. The molecule has 2 atom stereocenters. The van der Waals surface area contributed by atoms with Crippen molar-refractivity contribution in [2.75, 3.05) is 7.11 Å². The van der Waals surface area contributed by atoms with Crippen LogP contribution in [0.1, 0.15) is 43.3 Å². The number of benzene rings is 1. The lowest BCUT2D eigenvalue weighted by Crippen LogP contribution is -2.18. The van der Waals surface area contributed by atoms with Crippen molar-refractivity contribution >= 4 is 0 Å². The van der Waals surface area contributed by atoms with Gasteiger partial charge in [0.15, 0.2) is 17.5 Å². The third-order valence-electron chi connectivity index (χ3n) is 3.20. The Kier molecular flexibility index (Phi) is 4.98. The predicted octanol–water partition coefficient (Wildman–Crippen LogP) is 2.91. The molecule has 1 aromatic carbocycles. The Morgan fingerprint density at radius 1 is 1.29 bits per heavy atom. The number of methoxy groups -OCH3 is 1. The summed E-state index contributed by atoms with van der Waals surface area (Å²) in [6.07, 6.45) is -0.244. The highest BCUT2D eigenvalue weighted by atomic mass is 19.2. The number of ether oxygens (including phenoxy) is 1. The van der Waals surface area contributed by atoms with E-state index in [2.05, 4.69) is 15.5 Å². The lowest BCUT2D eigenvalue weighted by Gasteiger charge is -2.12. The zero-order chi connectivity index (χ0) is 15.4. The average molecular weight is 297 g/mol. The van der Waals surface area contributed by atoms with E-state index in [0.717, 1.165) is 6.07 Å². The minimum absolute atomic E-state index is 0.185. The van der Waals surface area contributed by atoms with Crippen molar-refractivity contribution in [2.24, 2.45) is 0 Å². The SMILES string of the molecule is CO[C@H](C)c1noc(CN[C@H](C)c2ccc(F)c(F)c2)n1. The van der Waals surface area contributed by atoms with Crippen LogP contribution in [-0.2, 0) is 11.3 Å². The number of nitrogens with one attached hydrogen (secondary N) is 1. The first kappa shape index (κ1) is 15.5. The predicted molar refractivity (Wildman–Crippen MR) is 71.3 cm³/mol. The van der Waals surface area contributed by atoms with Gasteiger partial charge in [-0.15, -0.1) is 0 Å². The van der Waals surface area contributed by atoms with Gasteiger partial charge in [-0.25, -0.2) is 8.78 Å². The van der Waals surface area contributed by atoms with E-state index in [-0.39, 0.29) is 12.1 Å². The highest BCUT2D eigenvalue weighted by Crippen LogP contribution is 2.17. The molecule has 0 bridgehead atoms. The lowest BCUT2D eigenvalue weighted by atomic mass is 10.1. The number of rotatable bonds is 6. The van der Waals surface area contributed by atoms with Crippen LogP contribution in [-0.4, -0.2) is 17.3 Å². The fraction of sp³-hybridized carbons (Fsp3) is 0.429. The first-order valence-corrected chi connectivity index (χ1v) is 6.55. The highest BCUT2D eigenvalue weighted by molar-refractivity contribution is 5.20. The molecule has 5 nitrogen and oxygen atoms in total. The standard InChI is InChI=1S/C14H17F2N3O2/c1-8(10-4-5-11(15)12(16)6-10)17-7-13-18-14(19-21-13)9(2)20-3/h4-6,8-9,17H,7H2,1-3H3/t8-,9-/m1/s1. The van der Waals surface area contributed by atoms with Crippen LogP contribution in [0.15, 0.2) is 22.7 Å². The molecule has 0 aliphatic rings. The molecule has 1 heterocycles. The van der Waals surface area contributed by atoms with Crippen molar-refractivity contribution in [3.8, 4) is 0 Å². The molecule has 0 saturated carbocycles. The molecule has 0 saturated heterocycles. The molecule has 1 aromatic heterocycles. The van der Waals surface area contributed by atoms with Crippen molar-refractivity contribution in [1.29, 1.82) is 0 Å². The third kappa shape index (κ3) is 3.83. The summed E-state index contributed by atoms with van der Waals surface area (Å²) in [5.74, 6) is -0.852. The zero-order valence-corrected chi connectivity index (χ0v) is 12.1. The summed E-state index contributed by atoms with van der Waals surface area (Å²) in [5.41, 5.74) is 0.638. The number of aromatic nitrogens is 2. The number of hydrogen-bond acceptors (Lipinski definition) is 5. The number of nitrogens with zero attached hydrogens (tertiary/aromatic N) is 2. The summed E-state index contributed by atoms with van der Waals surface area (Å²) in [7, 11) is 1.56. The monoisotopic (exact) mass is 297 g/mol. The largest absolute Gasteiger partial charge is 0.374 e. The second-order valence-corrected chi connectivity index (χ2v) is 4.70. The molecule has 114 valence electrons. The van der Waals surface area contributed by atoms with Gasteiger partial charge in [-0.1, -0.05) is 11.2 Å². The lowest BCUT2D eigenvalue weighted by molar-refractivity contribution is 0.109. The first-order chi connectivity index (χ1) is 10.0. The molecule has 1 N–H and O–H groups in total. The van der Waals surface area contributed by atoms with Crippen LogP contribution in [0.25, 0.3) is 0 Å². The van der Waals surface area contributed by atoms with E-state index in [4.69, 9.17) is 9.26 Å². The molecular formula is C14H17F2N3O2. The fourth-order valence-corrected chi connectivity index (χ4v) is 1.75. The maximum Gasteiger partial charge on any atom is 0.240 e. The van der Waals surface area contributed by atoms with Crippen LogP contribution in [0.3, 0.4) is 0 Å². The van der Waals surface area contributed by atoms with Gasteiger partial charge >= 0.3 is 0 Å². The molecule has 2 rings (SSSR count). The van der Waals surface area contributed by atoms with Gasteiger partial charge in [0.2, 0.25) is 5.89 Å². The molecule has 0 amide bonds. The van der Waals surface area contributed by atoms with Crippen molar-refractivity contribution in [3.05, 3.63) is 47.1 Å². The van der Waals surface area contributed by atoms with Crippen LogP contribution in [0.5, 0.6) is 0 Å². The number of halogens is 2. The zero-order valence-electron chi connectivity index (χ0n) is 12.1. The second-order valence-electron chi connectivity index (χ2n) is 4.70. The highest BCUT2D eigenvalue weighted by Gasteiger charge is 2.14. The Morgan fingerprint density at radius 3 is 2.71 bits per heavy atom. The molecular weight excluding hydrogens is 280 g/mol. The summed E-state index contributed by atoms with van der Waals surface area (Å²) < 4.78 is 36.2. The van der Waals surface area contributed by atoms with Crippen molar-refractivity contribution in [3.63, 3.8) is 0 Å². The smallest absolute Gasteiger partial charge is 0.240 e. The Labute approximate surface area is 121 Å². The second kappa shape index (κ2) is 6.73. The van der Waals surface area contributed by atoms with E-state index in [1.54, 1.807) is 7.11 Å². The van der Waals surface area contributed by atoms with Crippen molar-refractivity contribution in [1.82, 2.24) is 15.5 Å². The van der Waals surface area contributed by atoms with Gasteiger partial charge in [-0.05, 0) is 31.5 Å². The van der Waals surface area contributed by atoms with Gasteiger partial charge in [-0.3, -0.25) is 0 Å². The Hall–Kier alpha value is -1.86. The van der Waals surface area contributed by atoms with Crippen LogP contribution < -0.4 is 5.32 Å². The Morgan fingerprint density at radius 2 is 2.05 bits per heavy atom. The first-order valence-electron chi connectivity index (χ1n) is 6.55. The van der Waals surface area contributed by atoms with E-state index in [9.17, 15) is 8.78 Å². The molecule has 21 heavy (non-hydrogen) atoms. The van der Waals surface area contributed by atoms with E-state index < -0.39 is 11.6 Å². The van der Waals surface area contributed by atoms with Crippen molar-refractivity contribution in [2.45, 2.75) is 32.5 Å². The van der Waals surface area contributed by atoms with Gasteiger partial charge in [0.25, 0.3) is 0 Å². The van der Waals surface area contributed by atoms with Gasteiger partial charge in [0, 0.05) is 13.2 Å². The molecule has 0 unspecified atom stereocenters. The van der Waals surface area contributed by atoms with Crippen LogP contribution in [0.4, 0.5) is 8.78 Å². The maximum atomic E-state index is 13.2. The van der Waals surface area contributed by atoms with Crippen LogP contribution in [0, 0.1) is 11.6 Å².